The maximum Gasteiger partial charge on any atom is 0.299 e. The average molecular weight is 323 g/mol. The molecule has 2 fully saturated rings. The van der Waals surface area contributed by atoms with Crippen LogP contribution in [0, 0.1) is 11.8 Å². The molecular weight excluding hydrogens is 294 g/mol. The molecule has 0 bridgehead atoms. The van der Waals surface area contributed by atoms with Crippen molar-refractivity contribution >= 4 is 12.4 Å². The van der Waals surface area contributed by atoms with Gasteiger partial charge in [-0.3, -0.25) is 4.79 Å². The van der Waals surface area contributed by atoms with E-state index in [9.17, 15) is 4.79 Å². The number of methoxy groups -OCH3 is 2. The summed E-state index contributed by atoms with van der Waals surface area (Å²) < 4.78 is 16.2. The van der Waals surface area contributed by atoms with E-state index in [2.05, 4.69) is 11.1 Å². The van der Waals surface area contributed by atoms with E-state index >= 15 is 0 Å². The van der Waals surface area contributed by atoms with Crippen molar-refractivity contribution in [1.82, 2.24) is 0 Å². The van der Waals surface area contributed by atoms with Crippen molar-refractivity contribution < 1.29 is 19.0 Å². The predicted octanol–water partition coefficient (Wildman–Crippen LogP) is 3.48. The van der Waals surface area contributed by atoms with Gasteiger partial charge in [0.15, 0.2) is 0 Å². The highest BCUT2D eigenvalue weighted by Crippen LogP contribution is 2.29. The zero-order chi connectivity index (χ0) is 16.5. The van der Waals surface area contributed by atoms with Crippen molar-refractivity contribution in [2.45, 2.75) is 63.6 Å². The summed E-state index contributed by atoms with van der Waals surface area (Å²) in [7, 11) is 3.50. The van der Waals surface area contributed by atoms with Crippen LogP contribution in [0.3, 0.4) is 0 Å². The average Bonchev–Trinajstić information content (AvgIpc) is 2.61. The van der Waals surface area contributed by atoms with Gasteiger partial charge in [-0.25, -0.2) is 4.99 Å². The number of carbonyl (C=O) groups excluding carboxylic acids is 1. The van der Waals surface area contributed by atoms with Crippen molar-refractivity contribution in [3.8, 4) is 0 Å². The molecule has 0 spiro atoms. The lowest BCUT2D eigenvalue weighted by molar-refractivity contribution is -0.122. The van der Waals surface area contributed by atoms with Crippen LogP contribution in [0.15, 0.2) is 17.3 Å². The van der Waals surface area contributed by atoms with Crippen molar-refractivity contribution in [3.63, 3.8) is 0 Å². The van der Waals surface area contributed by atoms with E-state index in [-0.39, 0.29) is 18.1 Å². The van der Waals surface area contributed by atoms with E-state index in [1.54, 1.807) is 20.4 Å². The van der Waals surface area contributed by atoms with Crippen LogP contribution in [0.25, 0.3) is 0 Å². The van der Waals surface area contributed by atoms with Gasteiger partial charge in [-0.05, 0) is 25.7 Å². The van der Waals surface area contributed by atoms with E-state index in [1.807, 2.05) is 0 Å². The molecule has 3 atom stereocenters. The molecule has 0 aromatic heterocycles. The lowest BCUT2D eigenvalue weighted by atomic mass is 9.84. The van der Waals surface area contributed by atoms with Gasteiger partial charge in [-0.1, -0.05) is 25.3 Å². The first-order chi connectivity index (χ1) is 11.3. The highest BCUT2D eigenvalue weighted by atomic mass is 16.5. The van der Waals surface area contributed by atoms with Gasteiger partial charge in [-0.2, -0.15) is 0 Å². The molecule has 0 aromatic carbocycles. The Morgan fingerprint density at radius 1 is 1.04 bits per heavy atom. The molecule has 130 valence electrons. The molecule has 0 amide bonds. The summed E-state index contributed by atoms with van der Waals surface area (Å²) in [6.07, 6.45) is 13.0. The number of carbonyl (C=O) groups is 1. The van der Waals surface area contributed by atoms with Gasteiger partial charge in [0, 0.05) is 38.7 Å². The van der Waals surface area contributed by atoms with Crippen LogP contribution in [0.4, 0.5) is 0 Å². The molecule has 3 unspecified atom stereocenters. The molecule has 0 heterocycles. The highest BCUT2D eigenvalue weighted by Gasteiger charge is 2.29. The molecule has 0 aromatic rings. The number of nitrogens with zero attached hydrogens (tertiary/aromatic N) is 1. The van der Waals surface area contributed by atoms with Gasteiger partial charge in [0.05, 0.1) is 12.2 Å². The second-order valence-electron chi connectivity index (χ2n) is 6.47. The largest absolute Gasteiger partial charge is 0.413 e. The van der Waals surface area contributed by atoms with Crippen LogP contribution in [0.1, 0.15) is 51.4 Å². The molecule has 0 aliphatic heterocycles. The van der Waals surface area contributed by atoms with E-state index in [4.69, 9.17) is 14.2 Å². The lowest BCUT2D eigenvalue weighted by Gasteiger charge is -2.32. The molecule has 0 N–H and O–H groups in total. The summed E-state index contributed by atoms with van der Waals surface area (Å²) in [5, 5.41) is 0. The summed E-state index contributed by atoms with van der Waals surface area (Å²) in [4.78, 5) is 15.2. The summed E-state index contributed by atoms with van der Waals surface area (Å²) in [6.45, 7) is 0.489. The summed E-state index contributed by atoms with van der Waals surface area (Å²) >= 11 is 0. The van der Waals surface area contributed by atoms with Gasteiger partial charge >= 0.3 is 0 Å². The number of hydrogen-bond acceptors (Lipinski definition) is 5. The number of aliphatic imine (C=N–C) groups is 1. The Kier molecular flexibility index (Phi) is 7.76. The van der Waals surface area contributed by atoms with E-state index in [0.717, 1.165) is 32.1 Å². The Morgan fingerprint density at radius 3 is 2.48 bits per heavy atom. The summed E-state index contributed by atoms with van der Waals surface area (Å²) in [5.74, 6) is 1.18. The third-order valence-electron chi connectivity index (χ3n) is 5.09. The third kappa shape index (κ3) is 5.43. The van der Waals surface area contributed by atoms with Crippen molar-refractivity contribution in [3.05, 3.63) is 12.3 Å². The zero-order valence-corrected chi connectivity index (χ0v) is 14.3. The molecular formula is C18H29NO4. The maximum atomic E-state index is 10.7. The van der Waals surface area contributed by atoms with Gasteiger partial charge in [0.2, 0.25) is 5.90 Å². The molecule has 23 heavy (non-hydrogen) atoms. The number of hydrogen-bond donors (Lipinski definition) is 0. The van der Waals surface area contributed by atoms with Crippen molar-refractivity contribution in [2.75, 3.05) is 14.2 Å². The third-order valence-corrected chi connectivity index (χ3v) is 5.09. The first-order valence-electron chi connectivity index (χ1n) is 8.68. The monoisotopic (exact) mass is 323 g/mol. The second kappa shape index (κ2) is 9.83. The minimum atomic E-state index is 0.158. The van der Waals surface area contributed by atoms with Gasteiger partial charge in [0.1, 0.15) is 0 Å². The SMILES string of the molecule is COC1CCC(/C=C/N=C(\OC=O)C2CCCCC2)C(OC)C1. The Balaban J connectivity index is 1.96. The standard InChI is InChI=1S/C18H29NO4/c1-21-16-9-8-14(17(12-16)22-2)10-11-19-18(23-13-20)15-6-4-3-5-7-15/h10-11,13-17H,3-9,12H2,1-2H3/b11-10+,19-18-. The lowest BCUT2D eigenvalue weighted by Crippen LogP contribution is -2.33. The number of rotatable bonds is 6. The quantitative estimate of drug-likeness (QED) is 0.426. The Hall–Kier alpha value is -1.20. The van der Waals surface area contributed by atoms with Crippen LogP contribution in [-0.4, -0.2) is 38.8 Å². The predicted molar refractivity (Wildman–Crippen MR) is 89.2 cm³/mol. The van der Waals surface area contributed by atoms with E-state index in [1.165, 1.54) is 19.3 Å². The molecule has 2 saturated carbocycles. The van der Waals surface area contributed by atoms with Crippen LogP contribution in [0.2, 0.25) is 0 Å². The van der Waals surface area contributed by atoms with Crippen molar-refractivity contribution in [1.29, 1.82) is 0 Å². The zero-order valence-electron chi connectivity index (χ0n) is 14.3. The van der Waals surface area contributed by atoms with Gasteiger partial charge in [0.25, 0.3) is 6.47 Å². The first-order valence-corrected chi connectivity index (χ1v) is 8.68. The molecule has 2 aliphatic carbocycles. The minimum Gasteiger partial charge on any atom is -0.413 e. The molecule has 0 saturated heterocycles. The maximum absolute atomic E-state index is 10.7. The van der Waals surface area contributed by atoms with E-state index in [0.29, 0.717) is 18.3 Å². The normalized spacial score (nSPS) is 30.5. The molecule has 5 nitrogen and oxygen atoms in total. The fourth-order valence-corrected chi connectivity index (χ4v) is 3.68. The Labute approximate surface area is 139 Å². The van der Waals surface area contributed by atoms with Crippen LogP contribution in [-0.2, 0) is 19.0 Å². The van der Waals surface area contributed by atoms with Crippen LogP contribution >= 0.6 is 0 Å². The van der Waals surface area contributed by atoms with Gasteiger partial charge in [-0.15, -0.1) is 0 Å². The molecule has 2 aliphatic rings. The fourth-order valence-electron chi connectivity index (χ4n) is 3.68. The Morgan fingerprint density at radius 2 is 1.83 bits per heavy atom. The minimum absolute atomic E-state index is 0.158. The fraction of sp³-hybridized carbons (Fsp3) is 0.778. The molecule has 2 rings (SSSR count). The second-order valence-corrected chi connectivity index (χ2v) is 6.47. The topological polar surface area (TPSA) is 57.1 Å². The smallest absolute Gasteiger partial charge is 0.299 e. The Bertz CT molecular complexity index is 415. The van der Waals surface area contributed by atoms with E-state index < -0.39 is 0 Å². The first kappa shape index (κ1) is 18.1. The summed E-state index contributed by atoms with van der Waals surface area (Å²) in [6, 6.07) is 0. The summed E-state index contributed by atoms with van der Waals surface area (Å²) in [5.41, 5.74) is 0. The van der Waals surface area contributed by atoms with Crippen molar-refractivity contribution in [2.24, 2.45) is 16.8 Å². The highest BCUT2D eigenvalue weighted by molar-refractivity contribution is 5.84. The van der Waals surface area contributed by atoms with Crippen LogP contribution < -0.4 is 0 Å². The number of ether oxygens (including phenoxy) is 3. The van der Waals surface area contributed by atoms with Crippen LogP contribution in [0.5, 0.6) is 0 Å². The molecule has 0 radical (unpaired) electrons. The van der Waals surface area contributed by atoms with Gasteiger partial charge < -0.3 is 14.2 Å². The molecule has 5 heteroatoms.